The van der Waals surface area contributed by atoms with Crippen molar-refractivity contribution >= 4 is 35.4 Å². The number of alkyl carbamates (subject to hydrolysis) is 1. The number of non-ortho nitro benzene ring substituents is 1. The lowest BCUT2D eigenvalue weighted by molar-refractivity contribution is -0.384. The highest BCUT2D eigenvalue weighted by atomic mass is 32.2. The second-order valence-electron chi connectivity index (χ2n) is 5.92. The monoisotopic (exact) mass is 393 g/mol. The van der Waals surface area contributed by atoms with Gasteiger partial charge in [0.25, 0.3) is 5.69 Å². The van der Waals surface area contributed by atoms with Crippen LogP contribution < -0.4 is 5.32 Å². The molecule has 11 heteroatoms. The van der Waals surface area contributed by atoms with Gasteiger partial charge in [0.15, 0.2) is 0 Å². The van der Waals surface area contributed by atoms with E-state index in [1.807, 2.05) is 0 Å². The highest BCUT2D eigenvalue weighted by Crippen LogP contribution is 2.42. The van der Waals surface area contributed by atoms with Crippen LogP contribution in [0.25, 0.3) is 0 Å². The molecule has 3 rings (SSSR count). The molecule has 2 aliphatic rings. The van der Waals surface area contributed by atoms with E-state index >= 15 is 0 Å². The first kappa shape index (κ1) is 18.7. The molecule has 2 N–H and O–H groups in total. The van der Waals surface area contributed by atoms with Crippen LogP contribution in [0.4, 0.5) is 10.5 Å². The lowest BCUT2D eigenvalue weighted by Crippen LogP contribution is -2.57. The Morgan fingerprint density at radius 2 is 2.07 bits per heavy atom. The molecule has 0 spiro atoms. The highest BCUT2D eigenvalue weighted by molar-refractivity contribution is 8.00. The number of carbonyl (C=O) groups excluding carboxylic acids is 2. The number of aliphatic carboxylic acids is 1. The maximum Gasteiger partial charge on any atom is 0.408 e. The number of carbonyl (C=O) groups is 3. The summed E-state index contributed by atoms with van der Waals surface area (Å²) in [5.41, 5.74) is 0.740. The summed E-state index contributed by atoms with van der Waals surface area (Å²) in [5, 5.41) is 21.6. The summed E-state index contributed by atoms with van der Waals surface area (Å²) in [6, 6.07) is 5.57. The average molecular weight is 393 g/mol. The van der Waals surface area contributed by atoms with Crippen molar-refractivity contribution in [2.75, 3.05) is 0 Å². The number of hydrogen-bond acceptors (Lipinski definition) is 7. The summed E-state index contributed by atoms with van der Waals surface area (Å²) >= 11 is 1.27. The predicted octanol–water partition coefficient (Wildman–Crippen LogP) is 1.81. The van der Waals surface area contributed by atoms with Crippen molar-refractivity contribution in [1.82, 2.24) is 10.2 Å². The van der Waals surface area contributed by atoms with E-state index in [9.17, 15) is 29.6 Å². The molecule has 0 radical (unpaired) electrons. The number of thioether (sulfide) groups is 1. The predicted molar refractivity (Wildman–Crippen MR) is 93.4 cm³/mol. The second-order valence-corrected chi connectivity index (χ2v) is 7.21. The van der Waals surface area contributed by atoms with E-state index in [1.54, 1.807) is 6.92 Å². The molecule has 2 unspecified atom stereocenters. The minimum atomic E-state index is -1.23. The summed E-state index contributed by atoms with van der Waals surface area (Å²) in [6.07, 6.45) is -0.542. The highest BCUT2D eigenvalue weighted by Gasteiger charge is 2.47. The van der Waals surface area contributed by atoms with Crippen LogP contribution in [-0.2, 0) is 20.9 Å². The topological polar surface area (TPSA) is 139 Å². The first-order valence-electron chi connectivity index (χ1n) is 7.86. The molecule has 2 atom stereocenters. The number of fused-ring (bicyclic) bond motifs is 1. The van der Waals surface area contributed by atoms with Crippen LogP contribution >= 0.6 is 11.8 Å². The Bertz CT molecular complexity index is 852. The Morgan fingerprint density at radius 3 is 2.63 bits per heavy atom. The van der Waals surface area contributed by atoms with Gasteiger partial charge < -0.3 is 15.2 Å². The summed E-state index contributed by atoms with van der Waals surface area (Å²) < 4.78 is 5.09. The molecule has 2 amide bonds. The fraction of sp³-hybridized carbons (Fsp3) is 0.312. The van der Waals surface area contributed by atoms with Crippen molar-refractivity contribution in [3.63, 3.8) is 0 Å². The van der Waals surface area contributed by atoms with Gasteiger partial charge in [0.2, 0.25) is 5.91 Å². The van der Waals surface area contributed by atoms with E-state index in [0.717, 1.165) is 0 Å². The van der Waals surface area contributed by atoms with E-state index in [4.69, 9.17) is 4.74 Å². The van der Waals surface area contributed by atoms with Crippen LogP contribution in [-0.4, -0.2) is 43.6 Å². The second kappa shape index (κ2) is 7.27. The molecule has 142 valence electrons. The molecule has 1 saturated heterocycles. The zero-order chi connectivity index (χ0) is 19.7. The number of benzene rings is 1. The van der Waals surface area contributed by atoms with Gasteiger partial charge in [0.05, 0.1) is 16.7 Å². The molecular weight excluding hydrogens is 378 g/mol. The van der Waals surface area contributed by atoms with Crippen molar-refractivity contribution in [3.8, 4) is 0 Å². The van der Waals surface area contributed by atoms with Crippen LogP contribution in [0.2, 0.25) is 0 Å². The van der Waals surface area contributed by atoms with Gasteiger partial charge in [-0.3, -0.25) is 19.8 Å². The van der Waals surface area contributed by atoms with Gasteiger partial charge in [-0.1, -0.05) is 0 Å². The summed E-state index contributed by atoms with van der Waals surface area (Å²) in [5.74, 6) is -1.49. The molecule has 0 aromatic heterocycles. The molecule has 1 fully saturated rings. The van der Waals surface area contributed by atoms with Crippen LogP contribution in [0.1, 0.15) is 18.9 Å². The molecular formula is C16H15N3O7S. The largest absolute Gasteiger partial charge is 0.477 e. The number of amides is 2. The van der Waals surface area contributed by atoms with Crippen LogP contribution in [0.5, 0.6) is 0 Å². The maximum atomic E-state index is 12.0. The number of rotatable bonds is 5. The minimum absolute atomic E-state index is 0.0663. The van der Waals surface area contributed by atoms with Crippen molar-refractivity contribution < 1.29 is 29.2 Å². The Morgan fingerprint density at radius 1 is 1.41 bits per heavy atom. The molecule has 1 aromatic carbocycles. The maximum absolute atomic E-state index is 12.0. The number of nitrogens with zero attached hydrogens (tertiary/aromatic N) is 2. The molecule has 1 aromatic rings. The first-order chi connectivity index (χ1) is 12.8. The van der Waals surface area contributed by atoms with E-state index in [0.29, 0.717) is 11.1 Å². The SMILES string of the molecule is CC1=C(C(=O)O)N2C(=O)CC2SC1NC(=O)OCc1ccc([N+](=O)[O-])cc1. The van der Waals surface area contributed by atoms with Crippen LogP contribution in [0, 0.1) is 10.1 Å². The number of nitrogens with one attached hydrogen (secondary N) is 1. The van der Waals surface area contributed by atoms with E-state index in [2.05, 4.69) is 5.32 Å². The Balaban J connectivity index is 1.62. The van der Waals surface area contributed by atoms with Gasteiger partial charge in [0.1, 0.15) is 17.7 Å². The molecule has 0 bridgehead atoms. The number of carboxylic acids is 1. The molecule has 27 heavy (non-hydrogen) atoms. The van der Waals surface area contributed by atoms with E-state index < -0.39 is 22.4 Å². The summed E-state index contributed by atoms with van der Waals surface area (Å²) in [4.78, 5) is 46.5. The van der Waals surface area contributed by atoms with Gasteiger partial charge >= 0.3 is 12.1 Å². The van der Waals surface area contributed by atoms with Gasteiger partial charge in [-0.25, -0.2) is 9.59 Å². The summed E-state index contributed by atoms with van der Waals surface area (Å²) in [6.45, 7) is 1.45. The summed E-state index contributed by atoms with van der Waals surface area (Å²) in [7, 11) is 0. The zero-order valence-corrected chi connectivity index (χ0v) is 14.9. The van der Waals surface area contributed by atoms with Crippen molar-refractivity contribution in [2.45, 2.75) is 30.7 Å². The molecule has 0 aliphatic carbocycles. The average Bonchev–Trinajstić information content (AvgIpc) is 2.62. The Hall–Kier alpha value is -3.08. The standard InChI is InChI=1S/C16H15N3O7S/c1-8-13(15(21)22)18-11(20)6-12(18)27-14(8)17-16(23)26-7-9-2-4-10(5-3-9)19(24)25/h2-5,12,14H,6-7H2,1H3,(H,17,23)(H,21,22). The minimum Gasteiger partial charge on any atom is -0.477 e. The molecule has 10 nitrogen and oxygen atoms in total. The van der Waals surface area contributed by atoms with Gasteiger partial charge in [-0.15, -0.1) is 11.8 Å². The van der Waals surface area contributed by atoms with Crippen molar-refractivity contribution in [1.29, 1.82) is 0 Å². The van der Waals surface area contributed by atoms with Crippen LogP contribution in [0.15, 0.2) is 35.5 Å². The third-order valence-corrected chi connectivity index (χ3v) is 5.61. The molecule has 2 aliphatic heterocycles. The van der Waals surface area contributed by atoms with Crippen molar-refractivity contribution in [2.24, 2.45) is 0 Å². The third-order valence-electron chi connectivity index (χ3n) is 4.18. The molecule has 0 saturated carbocycles. The lowest BCUT2D eigenvalue weighted by atomic mass is 10.1. The van der Waals surface area contributed by atoms with Crippen LogP contribution in [0.3, 0.4) is 0 Å². The molecule has 2 heterocycles. The van der Waals surface area contributed by atoms with E-state index in [-0.39, 0.29) is 35.7 Å². The number of nitro groups is 1. The Labute approximate surface area is 157 Å². The Kier molecular flexibility index (Phi) is 5.04. The normalized spacial score (nSPS) is 21.2. The first-order valence-corrected chi connectivity index (χ1v) is 8.80. The fourth-order valence-corrected chi connectivity index (χ4v) is 4.14. The number of hydrogen-bond donors (Lipinski definition) is 2. The third kappa shape index (κ3) is 3.72. The smallest absolute Gasteiger partial charge is 0.408 e. The van der Waals surface area contributed by atoms with E-state index in [1.165, 1.54) is 40.9 Å². The van der Waals surface area contributed by atoms with Gasteiger partial charge in [-0.2, -0.15) is 0 Å². The zero-order valence-electron chi connectivity index (χ0n) is 14.1. The van der Waals surface area contributed by atoms with Gasteiger partial charge in [-0.05, 0) is 30.2 Å². The van der Waals surface area contributed by atoms with Gasteiger partial charge in [0, 0.05) is 12.1 Å². The number of β-lactam (4-membered cyclic amide) rings is 1. The quantitative estimate of drug-likeness (QED) is 0.439. The number of ether oxygens (including phenoxy) is 1. The fourth-order valence-electron chi connectivity index (χ4n) is 2.76. The van der Waals surface area contributed by atoms with Crippen molar-refractivity contribution in [3.05, 3.63) is 51.2 Å². The lowest BCUT2D eigenvalue weighted by Gasteiger charge is -2.46. The number of carboxylic acid groups (broad SMARTS) is 1. The number of nitro benzene ring substituents is 1.